The zero-order valence-electron chi connectivity index (χ0n) is 62.1. The monoisotopic (exact) mass is 1470 g/mol. The molecule has 0 aliphatic carbocycles. The Morgan fingerprint density at radius 2 is 1.00 bits per heavy atom. The highest BCUT2D eigenvalue weighted by Gasteiger charge is 2.20. The van der Waals surface area contributed by atoms with Gasteiger partial charge in [0, 0.05) is 139 Å². The van der Waals surface area contributed by atoms with Crippen molar-refractivity contribution in [1.82, 2.24) is 72.3 Å². The van der Waals surface area contributed by atoms with Crippen molar-refractivity contribution in [3.8, 4) is 0 Å². The number of nitrogens with one attached hydrogen (secondary N) is 4. The molecule has 10 N–H and O–H groups in total. The van der Waals surface area contributed by atoms with Gasteiger partial charge in [0.25, 0.3) is 11.1 Å². The second-order valence-electron chi connectivity index (χ2n) is 26.2. The van der Waals surface area contributed by atoms with E-state index >= 15 is 0 Å². The topological polar surface area (TPSA) is 358 Å². The van der Waals surface area contributed by atoms with Crippen LogP contribution in [0.25, 0.3) is 11.0 Å². The first kappa shape index (κ1) is 86.5. The van der Waals surface area contributed by atoms with Crippen molar-refractivity contribution >= 4 is 71.0 Å². The Hall–Kier alpha value is -9.75. The van der Waals surface area contributed by atoms with Crippen molar-refractivity contribution in [1.29, 1.82) is 0 Å². The Morgan fingerprint density at radius 3 is 1.45 bits per heavy atom. The lowest BCUT2D eigenvalue weighted by Crippen LogP contribution is -2.30. The molecule has 0 radical (unpaired) electrons. The number of benzene rings is 1. The van der Waals surface area contributed by atoms with E-state index in [2.05, 4.69) is 97.9 Å². The van der Waals surface area contributed by atoms with Crippen LogP contribution in [0, 0.1) is 46.7 Å². The molecule has 1 fully saturated rings. The van der Waals surface area contributed by atoms with Gasteiger partial charge in [0.2, 0.25) is 19.9 Å². The number of allylic oxidation sites excluding steroid dienone is 1. The van der Waals surface area contributed by atoms with E-state index in [1.807, 2.05) is 134 Å². The van der Waals surface area contributed by atoms with Crippen LogP contribution < -0.4 is 61.5 Å². The summed E-state index contributed by atoms with van der Waals surface area (Å²) in [5.41, 5.74) is 20.5. The molecular formula is C71H101F2N19O7S3. The summed E-state index contributed by atoms with van der Waals surface area (Å²) in [7, 11) is 1.62. The lowest BCUT2D eigenvalue weighted by atomic mass is 10.0. The maximum atomic E-state index is 13.0. The van der Waals surface area contributed by atoms with Crippen molar-refractivity contribution < 1.29 is 8.78 Å². The van der Waals surface area contributed by atoms with Crippen LogP contribution >= 0.6 is 36.7 Å². The van der Waals surface area contributed by atoms with Crippen LogP contribution in [0.4, 0.5) is 32.1 Å². The molecule has 1 aromatic carbocycles. The van der Waals surface area contributed by atoms with Gasteiger partial charge in [-0.2, -0.15) is 9.97 Å². The van der Waals surface area contributed by atoms with Crippen LogP contribution in [0.5, 0.6) is 0 Å². The molecule has 0 spiro atoms. The van der Waals surface area contributed by atoms with Crippen molar-refractivity contribution in [3.63, 3.8) is 0 Å². The van der Waals surface area contributed by atoms with Crippen molar-refractivity contribution in [2.24, 2.45) is 7.05 Å². The average molecular weight is 1470 g/mol. The fourth-order valence-corrected chi connectivity index (χ4v) is 9.94. The molecule has 102 heavy (non-hydrogen) atoms. The number of aromatic nitrogens is 15. The first-order valence-corrected chi connectivity index (χ1v) is 34.5. The standard InChI is InChI=1S/C11H17N3S.C10H12F2.C10H11N3O2.C9H13N3O.2C8H13N3S.C8H12N2O2.C7H10N2O2/c1-4-5-6-9-7-14(8(2)3)11(15)13-10(9)12;1-6(2)8-4-7(3)9(11)5-10(8)12;1-6(2)13-5-7-3-4-8(14)11-9(7)12-10(13)15;1-7(2)12-4-3-8(10-9(12)13)11-5-6-11;2*1-5(2)11-4-6(3)7(9)10-8(11)12;1-5(2)6-4-10(3)8(12)9-7(6)11;1-4(2)5-3-8-7(11)9-6(5)10/h4,7-8H,1,5-6H2,2-3H3,(H2,12,13,15);4-6H,1-3H3;3-6H,1-2H3,(H,11,12,14,15);3-4,7H,5-6H2,1-2H3;2*4-5H,1-3H3,(H2,9,10,12);4-5H,1-3H3,(H,9,11,12);3-4H,1-2H3,(H2,8,9,10,11). The number of hydrogen-bond acceptors (Lipinski definition) is 19. The molecule has 8 aromatic heterocycles. The molecule has 9 heterocycles. The summed E-state index contributed by atoms with van der Waals surface area (Å²) in [4.78, 5) is 109. The number of nitrogens with zero attached hydrogens (tertiary/aromatic N) is 12. The summed E-state index contributed by atoms with van der Waals surface area (Å²) in [5, 5.41) is 0.753. The summed E-state index contributed by atoms with van der Waals surface area (Å²) < 4.78 is 37.8. The molecule has 10 rings (SSSR count). The molecular weight excluding hydrogens is 1370 g/mol. The van der Waals surface area contributed by atoms with Crippen LogP contribution in [-0.2, 0) is 13.5 Å². The van der Waals surface area contributed by atoms with E-state index in [-0.39, 0.29) is 63.6 Å². The Kier molecular flexibility index (Phi) is 33.9. The number of pyridine rings is 1. The van der Waals surface area contributed by atoms with Gasteiger partial charge in [-0.3, -0.25) is 33.5 Å². The third-order valence-corrected chi connectivity index (χ3v) is 16.1. The number of halogens is 2. The fraction of sp³-hybridized carbons (Fsp3) is 0.451. The minimum absolute atomic E-state index is 0.0568. The van der Waals surface area contributed by atoms with E-state index in [1.54, 1.807) is 43.1 Å². The number of aryl methyl sites for hydroxylation is 5. The molecule has 0 atom stereocenters. The first-order chi connectivity index (χ1) is 47.5. The minimum atomic E-state index is -0.475. The number of nitrogen functional groups attached to an aromatic ring is 3. The number of rotatable bonds is 12. The minimum Gasteiger partial charge on any atom is -0.383 e. The Bertz CT molecular complexity index is 4870. The molecule has 1 aliphatic heterocycles. The summed E-state index contributed by atoms with van der Waals surface area (Å²) in [6.45, 7) is 42.8. The van der Waals surface area contributed by atoms with E-state index in [0.717, 1.165) is 59.9 Å². The lowest BCUT2D eigenvalue weighted by Gasteiger charge is -2.13. The number of aromatic amines is 4. The van der Waals surface area contributed by atoms with Gasteiger partial charge >= 0.3 is 22.8 Å². The quantitative estimate of drug-likeness (QED) is 0.0339. The molecule has 554 valence electrons. The largest absolute Gasteiger partial charge is 0.383 e. The molecule has 0 amide bonds. The third-order valence-electron chi connectivity index (χ3n) is 15.2. The van der Waals surface area contributed by atoms with Gasteiger partial charge in [0.15, 0.2) is 0 Å². The maximum absolute atomic E-state index is 13.0. The zero-order chi connectivity index (χ0) is 77.5. The third kappa shape index (κ3) is 26.6. The molecule has 1 saturated heterocycles. The summed E-state index contributed by atoms with van der Waals surface area (Å²) in [6, 6.07) is 8.71. The molecule has 0 unspecified atom stereocenters. The highest BCUT2D eigenvalue weighted by molar-refractivity contribution is 7.71. The molecule has 0 bridgehead atoms. The van der Waals surface area contributed by atoms with E-state index in [1.165, 1.54) is 21.4 Å². The predicted molar refractivity (Wildman–Crippen MR) is 413 cm³/mol. The second-order valence-corrected chi connectivity index (χ2v) is 27.3. The number of nitrogens with two attached hydrogens (primary N) is 3. The van der Waals surface area contributed by atoms with Gasteiger partial charge in [0.1, 0.15) is 40.6 Å². The Morgan fingerprint density at radius 1 is 0.529 bits per heavy atom. The summed E-state index contributed by atoms with van der Waals surface area (Å²) >= 11 is 15.2. The Labute approximate surface area is 607 Å². The van der Waals surface area contributed by atoms with E-state index in [9.17, 15) is 42.3 Å². The van der Waals surface area contributed by atoms with Gasteiger partial charge in [-0.25, -0.2) is 42.9 Å². The van der Waals surface area contributed by atoms with Crippen LogP contribution in [0.15, 0.2) is 120 Å². The smallest absolute Gasteiger partial charge is 0.349 e. The molecule has 9 aromatic rings. The van der Waals surface area contributed by atoms with E-state index in [4.69, 9.17) is 53.9 Å². The van der Waals surface area contributed by atoms with Crippen molar-refractivity contribution in [2.45, 2.75) is 192 Å². The normalized spacial score (nSPS) is 11.3. The average Bonchev–Trinajstić information content (AvgIpc) is 1.29. The lowest BCUT2D eigenvalue weighted by molar-refractivity contribution is 0.560. The number of H-pyrrole nitrogens is 4. The van der Waals surface area contributed by atoms with E-state index in [0.29, 0.717) is 77.8 Å². The van der Waals surface area contributed by atoms with Gasteiger partial charge < -0.3 is 50.3 Å². The number of anilines is 4. The molecule has 26 nitrogen and oxygen atoms in total. The van der Waals surface area contributed by atoms with Gasteiger partial charge in [-0.05, 0) is 181 Å². The SMILES string of the molecule is C=CCCc1cn(C(C)C)c(=S)nc1N.CC(C)c1c[nH]c(=O)[nH]c1=O.CC(C)c1cn(C)c(=O)[nH]c1=O.CC(C)n1cc2ccc(=O)[nH]c2nc1=O.CC(C)n1ccc(N2CC2)nc1=O.Cc1cc(C(C)C)c(F)cc1F.Cc1cn(C(C)C)c(=S)nc1N.Cc1cn(C(C)C)c(=S)nc1N. The first-order valence-electron chi connectivity index (χ1n) is 33.2. The molecule has 0 saturated carbocycles. The number of hydrogen-bond donors (Lipinski definition) is 7. The van der Waals surface area contributed by atoms with Crippen LogP contribution in [0.3, 0.4) is 0 Å². The van der Waals surface area contributed by atoms with Crippen molar-refractivity contribution in [3.05, 3.63) is 224 Å². The summed E-state index contributed by atoms with van der Waals surface area (Å²) in [6.07, 6.45) is 16.1. The van der Waals surface area contributed by atoms with Crippen LogP contribution in [0.1, 0.15) is 204 Å². The fourth-order valence-electron chi connectivity index (χ4n) is 8.86. The number of fused-ring (bicyclic) bond motifs is 1. The van der Waals surface area contributed by atoms with Gasteiger partial charge in [-0.15, -0.1) is 6.58 Å². The van der Waals surface area contributed by atoms with Crippen molar-refractivity contribution in [2.75, 3.05) is 35.2 Å². The highest BCUT2D eigenvalue weighted by atomic mass is 32.1. The van der Waals surface area contributed by atoms with E-state index < -0.39 is 17.3 Å². The van der Waals surface area contributed by atoms with Gasteiger partial charge in [-0.1, -0.05) is 53.7 Å². The van der Waals surface area contributed by atoms with Crippen LogP contribution in [-0.4, -0.2) is 85.3 Å². The molecule has 1 aliphatic rings. The maximum Gasteiger partial charge on any atom is 0.349 e. The highest BCUT2D eigenvalue weighted by Crippen LogP contribution is 2.22. The zero-order valence-corrected chi connectivity index (χ0v) is 64.5. The molecule has 31 heteroatoms. The van der Waals surface area contributed by atoms with Crippen LogP contribution in [0.2, 0.25) is 0 Å². The van der Waals surface area contributed by atoms with Gasteiger partial charge in [0.05, 0.1) is 0 Å². The summed E-state index contributed by atoms with van der Waals surface area (Å²) in [5.74, 6) is 1.85. The second kappa shape index (κ2) is 40.0. The predicted octanol–water partition coefficient (Wildman–Crippen LogP) is 12.2. The Balaban J connectivity index is 0.000000304.